The molecule has 9 heteroatoms. The summed E-state index contributed by atoms with van der Waals surface area (Å²) in [6.07, 6.45) is -0.224. The van der Waals surface area contributed by atoms with Gasteiger partial charge in [-0.1, -0.05) is 0 Å². The molecule has 0 aliphatic heterocycles. The Morgan fingerprint density at radius 3 is 1.79 bits per heavy atom. The van der Waals surface area contributed by atoms with Gasteiger partial charge in [0.15, 0.2) is 0 Å². The molecular weight excluding hydrogens is 256 g/mol. The van der Waals surface area contributed by atoms with Crippen molar-refractivity contribution in [3.63, 3.8) is 0 Å². The van der Waals surface area contributed by atoms with Gasteiger partial charge in [-0.05, 0) is 6.42 Å². The number of carboxylic acids is 2. The van der Waals surface area contributed by atoms with E-state index in [0.717, 1.165) is 0 Å². The van der Waals surface area contributed by atoms with Gasteiger partial charge >= 0.3 is 64.5 Å². The molecule has 1 atom stereocenters. The zero-order valence-corrected chi connectivity index (χ0v) is 7.73. The van der Waals surface area contributed by atoms with Crippen LogP contribution in [0.2, 0.25) is 0 Å². The molecule has 0 bridgehead atoms. The molecule has 14 heavy (non-hydrogen) atoms. The van der Waals surface area contributed by atoms with Crippen LogP contribution in [-0.4, -0.2) is 80.8 Å². The number of carboxylic acid groups (broad SMARTS) is 2. The SMILES string of the molecule is Cl.Cl.N[C@@H](CCC(=O)O)C(=O)O.[MgH2].[NaH]. The molecule has 0 aliphatic rings. The summed E-state index contributed by atoms with van der Waals surface area (Å²) in [4.78, 5) is 19.9. The third kappa shape index (κ3) is 18.9. The Labute approximate surface area is 132 Å². The molecule has 0 aromatic heterocycles. The number of nitrogens with two attached hydrogens (primary N) is 1. The topological polar surface area (TPSA) is 101 Å². The molecule has 0 unspecified atom stereocenters. The van der Waals surface area contributed by atoms with Gasteiger partial charge in [0, 0.05) is 6.42 Å². The fourth-order valence-corrected chi connectivity index (χ4v) is 0.402. The van der Waals surface area contributed by atoms with Gasteiger partial charge < -0.3 is 15.9 Å². The number of rotatable bonds is 4. The number of hydrogen-bond donors (Lipinski definition) is 3. The molecule has 0 amide bonds. The summed E-state index contributed by atoms with van der Waals surface area (Å²) in [5.74, 6) is -2.20. The Morgan fingerprint density at radius 2 is 1.57 bits per heavy atom. The van der Waals surface area contributed by atoms with E-state index in [-0.39, 0.29) is 90.3 Å². The van der Waals surface area contributed by atoms with E-state index in [9.17, 15) is 9.59 Å². The first-order chi connectivity index (χ1) is 4.54. The van der Waals surface area contributed by atoms with Gasteiger partial charge in [-0.3, -0.25) is 9.59 Å². The van der Waals surface area contributed by atoms with Crippen molar-refractivity contribution in [1.29, 1.82) is 0 Å². The molecule has 4 N–H and O–H groups in total. The first kappa shape index (κ1) is 29.5. The molecule has 0 spiro atoms. The van der Waals surface area contributed by atoms with Gasteiger partial charge in [-0.25, -0.2) is 0 Å². The van der Waals surface area contributed by atoms with Crippen LogP contribution in [0.1, 0.15) is 12.8 Å². The molecule has 0 saturated carbocycles. The molecule has 0 aliphatic carbocycles. The van der Waals surface area contributed by atoms with Crippen LogP contribution in [0.4, 0.5) is 0 Å². The van der Waals surface area contributed by atoms with E-state index >= 15 is 0 Å². The maximum absolute atomic E-state index is 9.99. The van der Waals surface area contributed by atoms with Crippen LogP contribution in [0.15, 0.2) is 0 Å². The second-order valence-electron chi connectivity index (χ2n) is 1.88. The van der Waals surface area contributed by atoms with Crippen molar-refractivity contribution in [2.45, 2.75) is 18.9 Å². The molecule has 0 heterocycles. The van der Waals surface area contributed by atoms with E-state index in [0.29, 0.717) is 0 Å². The molecule has 0 aromatic rings. The first-order valence-electron chi connectivity index (χ1n) is 2.74. The second kappa shape index (κ2) is 16.7. The molecule has 0 rings (SSSR count). The third-order valence-electron chi connectivity index (χ3n) is 0.986. The summed E-state index contributed by atoms with van der Waals surface area (Å²) >= 11 is 0. The fourth-order valence-electron chi connectivity index (χ4n) is 0.402. The van der Waals surface area contributed by atoms with Crippen molar-refractivity contribution < 1.29 is 19.8 Å². The quantitative estimate of drug-likeness (QED) is 0.542. The Kier molecular flexibility index (Phi) is 35.1. The summed E-state index contributed by atoms with van der Waals surface area (Å²) in [7, 11) is 0. The average molecular weight is 270 g/mol. The van der Waals surface area contributed by atoms with Crippen LogP contribution < -0.4 is 5.73 Å². The summed E-state index contributed by atoms with van der Waals surface area (Å²) in [6, 6.07) is -1.06. The summed E-state index contributed by atoms with van der Waals surface area (Å²) < 4.78 is 0. The Bertz CT molecular complexity index is 163. The van der Waals surface area contributed by atoms with E-state index < -0.39 is 18.0 Å². The van der Waals surface area contributed by atoms with Crippen LogP contribution in [0.25, 0.3) is 0 Å². The zero-order chi connectivity index (χ0) is 8.15. The standard InChI is InChI=1S/C5H9NO4.2ClH.Mg.Na.3H/c6-3(5(9)10)1-2-4(7)8;;;;;;;/h3H,1-2,6H2,(H,7,8)(H,9,10);2*1H;;;;;/t3-;;;;;;;/m0......./s1. The monoisotopic (exact) mass is 269 g/mol. The van der Waals surface area contributed by atoms with Gasteiger partial charge in [-0.15, -0.1) is 24.8 Å². The zero-order valence-electron chi connectivity index (χ0n) is 6.10. The summed E-state index contributed by atoms with van der Waals surface area (Å²) in [5.41, 5.74) is 5.00. The van der Waals surface area contributed by atoms with Crippen molar-refractivity contribution in [2.75, 3.05) is 0 Å². The van der Waals surface area contributed by atoms with Gasteiger partial charge in [0.1, 0.15) is 6.04 Å². The first-order valence-corrected chi connectivity index (χ1v) is 2.74. The van der Waals surface area contributed by atoms with E-state index in [1.807, 2.05) is 0 Å². The van der Waals surface area contributed by atoms with Crippen molar-refractivity contribution in [3.8, 4) is 0 Å². The molecule has 0 saturated heterocycles. The predicted octanol–water partition coefficient (Wildman–Crippen LogP) is -1.46. The van der Waals surface area contributed by atoms with Gasteiger partial charge in [-0.2, -0.15) is 0 Å². The van der Waals surface area contributed by atoms with E-state index in [1.165, 1.54) is 0 Å². The number of carbonyl (C=O) groups is 2. The molecule has 5 nitrogen and oxygen atoms in total. The Hall–Kier alpha value is 1.25. The summed E-state index contributed by atoms with van der Waals surface area (Å²) in [5, 5.41) is 16.3. The number of hydrogen-bond acceptors (Lipinski definition) is 3. The molecule has 0 radical (unpaired) electrons. The number of halogens is 2. The third-order valence-corrected chi connectivity index (χ3v) is 0.986. The van der Waals surface area contributed by atoms with E-state index in [1.54, 1.807) is 0 Å². The van der Waals surface area contributed by atoms with Gasteiger partial charge in [0.25, 0.3) is 0 Å². The van der Waals surface area contributed by atoms with Crippen molar-refractivity contribution >= 4 is 89.4 Å². The van der Waals surface area contributed by atoms with Gasteiger partial charge in [0.05, 0.1) is 0 Å². The maximum atomic E-state index is 9.99. The van der Waals surface area contributed by atoms with Crippen molar-refractivity contribution in [3.05, 3.63) is 0 Å². The van der Waals surface area contributed by atoms with Crippen LogP contribution >= 0.6 is 24.8 Å². The number of aliphatic carboxylic acids is 2. The van der Waals surface area contributed by atoms with E-state index in [2.05, 4.69) is 0 Å². The molecule has 0 aromatic carbocycles. The molecular formula is C5H14Cl2MgNNaO4. The minimum absolute atomic E-state index is 0. The predicted molar refractivity (Wildman–Crippen MR) is 62.7 cm³/mol. The van der Waals surface area contributed by atoms with Crippen molar-refractivity contribution in [2.24, 2.45) is 5.73 Å². The van der Waals surface area contributed by atoms with Crippen molar-refractivity contribution in [1.82, 2.24) is 0 Å². The average Bonchev–Trinajstić information content (AvgIpc) is 1.82. The minimum atomic E-state index is -1.17. The van der Waals surface area contributed by atoms with Crippen LogP contribution in [0.5, 0.6) is 0 Å². The van der Waals surface area contributed by atoms with E-state index in [4.69, 9.17) is 15.9 Å². The normalized spacial score (nSPS) is 8.93. The molecule has 80 valence electrons. The Morgan fingerprint density at radius 1 is 1.21 bits per heavy atom. The van der Waals surface area contributed by atoms with Crippen LogP contribution in [0, 0.1) is 0 Å². The second-order valence-corrected chi connectivity index (χ2v) is 1.88. The molecule has 0 fully saturated rings. The van der Waals surface area contributed by atoms with Crippen LogP contribution in [0.3, 0.4) is 0 Å². The Balaban J connectivity index is -0.0000000675. The van der Waals surface area contributed by atoms with Crippen LogP contribution in [-0.2, 0) is 9.59 Å². The fraction of sp³-hybridized carbons (Fsp3) is 0.600. The van der Waals surface area contributed by atoms with Gasteiger partial charge in [0.2, 0.25) is 0 Å². The summed E-state index contributed by atoms with van der Waals surface area (Å²) in [6.45, 7) is 0.